The van der Waals surface area contributed by atoms with Gasteiger partial charge in [-0.25, -0.2) is 9.18 Å². The second kappa shape index (κ2) is 8.22. The molecule has 1 atom stereocenters. The first kappa shape index (κ1) is 18.8. The number of carbonyl (C=O) groups is 2. The number of hydrogen-bond donors (Lipinski definition) is 2. The zero-order valence-electron chi connectivity index (χ0n) is 15.4. The predicted octanol–water partition coefficient (Wildman–Crippen LogP) is 3.64. The van der Waals surface area contributed by atoms with Gasteiger partial charge in [-0.15, -0.1) is 11.8 Å². The summed E-state index contributed by atoms with van der Waals surface area (Å²) in [6, 6.07) is 12.1. The maximum atomic E-state index is 14.0. The number of hydrogen-bond acceptors (Lipinski definition) is 3. The first-order valence-corrected chi connectivity index (χ1v) is 10.5. The van der Waals surface area contributed by atoms with Gasteiger partial charge in [-0.2, -0.15) is 0 Å². The summed E-state index contributed by atoms with van der Waals surface area (Å²) in [7, 11) is 0. The Balaban J connectivity index is 1.36. The fraction of sp³-hybridized carbons (Fsp3) is 0.333. The molecule has 2 aliphatic rings. The highest BCUT2D eigenvalue weighted by Crippen LogP contribution is 2.37. The number of fused-ring (bicyclic) bond motifs is 2. The van der Waals surface area contributed by atoms with E-state index in [-0.39, 0.29) is 24.3 Å². The molecule has 2 heterocycles. The zero-order valence-corrected chi connectivity index (χ0v) is 16.2. The number of aryl methyl sites for hydroxylation is 1. The van der Waals surface area contributed by atoms with Gasteiger partial charge in [0.1, 0.15) is 5.82 Å². The van der Waals surface area contributed by atoms with Crippen LogP contribution < -0.4 is 15.5 Å². The summed E-state index contributed by atoms with van der Waals surface area (Å²) in [4.78, 5) is 27.3. The number of carbonyl (C=O) groups excluding carboxylic acids is 2. The van der Waals surface area contributed by atoms with E-state index in [2.05, 4.69) is 10.6 Å². The maximum absolute atomic E-state index is 14.0. The highest BCUT2D eigenvalue weighted by molar-refractivity contribution is 7.99. The molecule has 1 unspecified atom stereocenters. The molecule has 3 amide bonds. The van der Waals surface area contributed by atoms with Gasteiger partial charge in [0.25, 0.3) is 0 Å². The highest BCUT2D eigenvalue weighted by atomic mass is 32.2. The van der Waals surface area contributed by atoms with Gasteiger partial charge in [0.2, 0.25) is 5.91 Å². The summed E-state index contributed by atoms with van der Waals surface area (Å²) in [6.07, 6.45) is 2.60. The second-order valence-electron chi connectivity index (χ2n) is 6.95. The van der Waals surface area contributed by atoms with E-state index in [4.69, 9.17) is 0 Å². The first-order chi connectivity index (χ1) is 13.6. The van der Waals surface area contributed by atoms with Gasteiger partial charge in [0, 0.05) is 22.9 Å². The van der Waals surface area contributed by atoms with E-state index >= 15 is 0 Å². The van der Waals surface area contributed by atoms with Crippen molar-refractivity contribution in [3.8, 4) is 0 Å². The van der Waals surface area contributed by atoms with Crippen LogP contribution in [0.4, 0.5) is 14.9 Å². The fourth-order valence-corrected chi connectivity index (χ4v) is 4.93. The molecule has 0 saturated heterocycles. The third-order valence-corrected chi connectivity index (χ3v) is 6.30. The van der Waals surface area contributed by atoms with Crippen molar-refractivity contribution in [3.63, 3.8) is 0 Å². The molecule has 146 valence electrons. The zero-order chi connectivity index (χ0) is 19.5. The van der Waals surface area contributed by atoms with Gasteiger partial charge < -0.3 is 15.5 Å². The van der Waals surface area contributed by atoms with Crippen LogP contribution in [0.1, 0.15) is 30.0 Å². The average molecular weight is 399 g/mol. The Morgan fingerprint density at radius 1 is 1.18 bits per heavy atom. The Morgan fingerprint density at radius 3 is 2.93 bits per heavy atom. The minimum absolute atomic E-state index is 0.0718. The molecule has 0 aliphatic carbocycles. The summed E-state index contributed by atoms with van der Waals surface area (Å²) in [5, 5.41) is 5.54. The van der Waals surface area contributed by atoms with Crippen LogP contribution in [0.15, 0.2) is 47.4 Å². The van der Waals surface area contributed by atoms with Crippen LogP contribution in [0.2, 0.25) is 0 Å². The molecular weight excluding hydrogens is 377 g/mol. The van der Waals surface area contributed by atoms with Crippen molar-refractivity contribution in [1.29, 1.82) is 0 Å². The fourth-order valence-electron chi connectivity index (χ4n) is 3.79. The van der Waals surface area contributed by atoms with Gasteiger partial charge >= 0.3 is 6.03 Å². The molecule has 4 rings (SSSR count). The van der Waals surface area contributed by atoms with E-state index < -0.39 is 6.03 Å². The molecule has 0 spiro atoms. The van der Waals surface area contributed by atoms with Gasteiger partial charge in [-0.1, -0.05) is 30.3 Å². The molecule has 5 nitrogen and oxygen atoms in total. The van der Waals surface area contributed by atoms with E-state index in [0.29, 0.717) is 11.4 Å². The number of halogens is 1. The predicted molar refractivity (Wildman–Crippen MR) is 108 cm³/mol. The lowest BCUT2D eigenvalue weighted by molar-refractivity contribution is -0.117. The maximum Gasteiger partial charge on any atom is 0.315 e. The summed E-state index contributed by atoms with van der Waals surface area (Å²) in [5.41, 5.74) is 2.88. The number of rotatable bonds is 3. The Hall–Kier alpha value is -2.54. The van der Waals surface area contributed by atoms with Crippen molar-refractivity contribution < 1.29 is 14.0 Å². The van der Waals surface area contributed by atoms with Crippen LogP contribution in [-0.2, 0) is 11.2 Å². The van der Waals surface area contributed by atoms with Crippen molar-refractivity contribution in [2.45, 2.75) is 30.2 Å². The quantitative estimate of drug-likeness (QED) is 0.828. The van der Waals surface area contributed by atoms with E-state index in [9.17, 15) is 14.0 Å². The smallest absolute Gasteiger partial charge is 0.315 e. The van der Waals surface area contributed by atoms with Crippen molar-refractivity contribution >= 4 is 29.4 Å². The Kier molecular flexibility index (Phi) is 5.52. The molecule has 2 aliphatic heterocycles. The number of thioether (sulfide) groups is 1. The highest BCUT2D eigenvalue weighted by Gasteiger charge is 2.26. The van der Waals surface area contributed by atoms with Gasteiger partial charge in [-0.3, -0.25) is 4.79 Å². The number of benzene rings is 2. The number of para-hydroxylation sites is 1. The van der Waals surface area contributed by atoms with Crippen LogP contribution in [0.5, 0.6) is 0 Å². The van der Waals surface area contributed by atoms with E-state index in [0.717, 1.165) is 41.8 Å². The monoisotopic (exact) mass is 399 g/mol. The lowest BCUT2D eigenvalue weighted by Crippen LogP contribution is -2.46. The van der Waals surface area contributed by atoms with Crippen LogP contribution in [-0.4, -0.2) is 30.8 Å². The molecule has 7 heteroatoms. The lowest BCUT2D eigenvalue weighted by Gasteiger charge is -2.30. The standard InChI is InChI=1S/C21H22FN3O2S/c22-16-8-3-7-15-17(10-12-28-20(15)16)24-21(27)23-13-19(26)25-11-4-6-14-5-1-2-9-18(14)25/h1-3,5,7-9,17H,4,6,10-13H2,(H2,23,24,27). The van der Waals surface area contributed by atoms with Crippen LogP contribution >= 0.6 is 11.8 Å². The summed E-state index contributed by atoms with van der Waals surface area (Å²) in [6.45, 7) is 0.587. The normalized spacial score (nSPS) is 18.0. The van der Waals surface area contributed by atoms with Gasteiger partial charge in [-0.05, 0) is 42.5 Å². The molecule has 0 bridgehead atoms. The molecule has 2 aromatic carbocycles. The number of urea groups is 1. The number of anilines is 1. The van der Waals surface area contributed by atoms with Crippen molar-refractivity contribution in [1.82, 2.24) is 10.6 Å². The summed E-state index contributed by atoms with van der Waals surface area (Å²) >= 11 is 1.47. The Labute approximate surface area is 167 Å². The number of nitrogens with one attached hydrogen (secondary N) is 2. The molecule has 28 heavy (non-hydrogen) atoms. The van der Waals surface area contributed by atoms with E-state index in [1.807, 2.05) is 30.3 Å². The minimum atomic E-state index is -0.411. The minimum Gasteiger partial charge on any atom is -0.331 e. The molecule has 0 aromatic heterocycles. The molecule has 2 aromatic rings. The first-order valence-electron chi connectivity index (χ1n) is 9.47. The third-order valence-electron chi connectivity index (χ3n) is 5.14. The lowest BCUT2D eigenvalue weighted by atomic mass is 10.0. The second-order valence-corrected chi connectivity index (χ2v) is 8.06. The topological polar surface area (TPSA) is 61.4 Å². The van der Waals surface area contributed by atoms with Crippen LogP contribution in [0, 0.1) is 5.82 Å². The van der Waals surface area contributed by atoms with Crippen molar-refractivity contribution in [2.75, 3.05) is 23.7 Å². The van der Waals surface area contributed by atoms with E-state index in [1.54, 1.807) is 11.0 Å². The number of nitrogens with zero attached hydrogens (tertiary/aromatic N) is 1. The van der Waals surface area contributed by atoms with Crippen molar-refractivity contribution in [2.24, 2.45) is 0 Å². The molecule has 2 N–H and O–H groups in total. The molecule has 0 fully saturated rings. The van der Waals surface area contributed by atoms with E-state index in [1.165, 1.54) is 17.8 Å². The third kappa shape index (κ3) is 3.85. The number of amides is 3. The summed E-state index contributed by atoms with van der Waals surface area (Å²) in [5.74, 6) is 0.351. The summed E-state index contributed by atoms with van der Waals surface area (Å²) < 4.78 is 14.0. The largest absolute Gasteiger partial charge is 0.331 e. The van der Waals surface area contributed by atoms with Gasteiger partial charge in [0.05, 0.1) is 12.6 Å². The Bertz CT molecular complexity index is 905. The molecule has 0 radical (unpaired) electrons. The van der Waals surface area contributed by atoms with Crippen molar-refractivity contribution in [3.05, 3.63) is 59.4 Å². The average Bonchev–Trinajstić information content (AvgIpc) is 2.72. The SMILES string of the molecule is O=C(NCC(=O)N1CCCc2ccccc21)NC1CCSc2c(F)cccc21. The van der Waals surface area contributed by atoms with Crippen LogP contribution in [0.3, 0.4) is 0 Å². The Morgan fingerprint density at radius 2 is 2.04 bits per heavy atom. The van der Waals surface area contributed by atoms with Crippen LogP contribution in [0.25, 0.3) is 0 Å². The molecular formula is C21H22FN3O2S. The van der Waals surface area contributed by atoms with Gasteiger partial charge in [0.15, 0.2) is 0 Å². The molecule has 0 saturated carbocycles.